The predicted octanol–water partition coefficient (Wildman–Crippen LogP) is 3.94. The maximum Gasteiger partial charge on any atom is 0.337 e. The fourth-order valence-corrected chi connectivity index (χ4v) is 4.85. The van der Waals surface area contributed by atoms with Gasteiger partial charge in [-0.1, -0.05) is 6.42 Å². The summed E-state index contributed by atoms with van der Waals surface area (Å²) in [6, 6.07) is 5.83. The molecule has 0 aromatic carbocycles. The summed E-state index contributed by atoms with van der Waals surface area (Å²) in [6.07, 6.45) is 8.46. The minimum Gasteiger partial charge on any atom is -0.478 e. The molecule has 7 heteroatoms. The first kappa shape index (κ1) is 16.2. The fraction of sp³-hybridized carbons (Fsp3) is 0.400. The second-order valence-corrected chi connectivity index (χ2v) is 7.73. The summed E-state index contributed by atoms with van der Waals surface area (Å²) in [4.78, 5) is 24.2. The zero-order chi connectivity index (χ0) is 18.5. The third kappa shape index (κ3) is 2.74. The largest absolute Gasteiger partial charge is 0.478 e. The second-order valence-electron chi connectivity index (χ2n) is 7.73. The van der Waals surface area contributed by atoms with E-state index >= 15 is 0 Å². The van der Waals surface area contributed by atoms with Crippen molar-refractivity contribution in [2.45, 2.75) is 38.6 Å². The van der Waals surface area contributed by atoms with Gasteiger partial charge < -0.3 is 15.0 Å². The second kappa shape index (κ2) is 6.04. The molecule has 3 heterocycles. The number of fused-ring (bicyclic) bond motifs is 3. The van der Waals surface area contributed by atoms with Crippen LogP contribution in [0.25, 0.3) is 11.0 Å². The number of nitrogens with zero attached hydrogens (tertiary/aromatic N) is 4. The smallest absolute Gasteiger partial charge is 0.337 e. The van der Waals surface area contributed by atoms with Crippen molar-refractivity contribution in [3.8, 4) is 0 Å². The van der Waals surface area contributed by atoms with Crippen molar-refractivity contribution in [3.63, 3.8) is 0 Å². The molecule has 3 aromatic heterocycles. The Labute approximate surface area is 156 Å². The Balaban J connectivity index is 1.47. The molecule has 3 atom stereocenters. The third-order valence-electron chi connectivity index (χ3n) is 6.05. The minimum absolute atomic E-state index is 0.151. The number of aromatic nitrogens is 4. The van der Waals surface area contributed by atoms with Gasteiger partial charge in [-0.25, -0.2) is 14.8 Å². The Morgan fingerprint density at radius 1 is 1.22 bits per heavy atom. The van der Waals surface area contributed by atoms with Gasteiger partial charge >= 0.3 is 5.97 Å². The van der Waals surface area contributed by atoms with Gasteiger partial charge in [0.1, 0.15) is 11.5 Å². The van der Waals surface area contributed by atoms with Gasteiger partial charge in [-0.2, -0.15) is 4.98 Å². The zero-order valence-electron chi connectivity index (χ0n) is 15.1. The fourth-order valence-electron chi connectivity index (χ4n) is 4.85. The van der Waals surface area contributed by atoms with E-state index < -0.39 is 5.97 Å². The number of aryl methyl sites for hydroxylation is 1. The van der Waals surface area contributed by atoms with Crippen LogP contribution in [0, 0.1) is 18.8 Å². The molecule has 2 N–H and O–H groups in total. The molecule has 0 aliphatic heterocycles. The lowest BCUT2D eigenvalue weighted by Gasteiger charge is -2.25. The van der Waals surface area contributed by atoms with Crippen molar-refractivity contribution in [2.24, 2.45) is 11.8 Å². The van der Waals surface area contributed by atoms with Crippen LogP contribution in [0.2, 0.25) is 0 Å². The summed E-state index contributed by atoms with van der Waals surface area (Å²) in [5.74, 6) is 1.63. The lowest BCUT2D eigenvalue weighted by atomic mass is 9.95. The highest BCUT2D eigenvalue weighted by Gasteiger charge is 2.41. The molecule has 27 heavy (non-hydrogen) atoms. The highest BCUT2D eigenvalue weighted by molar-refractivity contribution is 5.87. The topological polar surface area (TPSA) is 92.9 Å². The third-order valence-corrected chi connectivity index (χ3v) is 6.05. The quantitative estimate of drug-likeness (QED) is 0.729. The zero-order valence-corrected chi connectivity index (χ0v) is 15.1. The number of pyridine rings is 1. The highest BCUT2D eigenvalue weighted by atomic mass is 16.4. The van der Waals surface area contributed by atoms with E-state index in [1.54, 1.807) is 6.07 Å². The number of carboxylic acid groups (broad SMARTS) is 1. The molecule has 0 saturated heterocycles. The molecular formula is C20H21N5O2. The van der Waals surface area contributed by atoms with Gasteiger partial charge in [-0.3, -0.25) is 0 Å². The van der Waals surface area contributed by atoms with Gasteiger partial charge in [-0.05, 0) is 56.2 Å². The van der Waals surface area contributed by atoms with Crippen LogP contribution in [-0.2, 0) is 0 Å². The van der Waals surface area contributed by atoms with Crippen molar-refractivity contribution in [1.29, 1.82) is 0 Å². The SMILES string of the molecule is Cc1cc2cnc(Nc3ccc(C(=O)O)cn3)nc2n1C1CC2CCC1C2. The Hall–Kier alpha value is -2.96. The maximum absolute atomic E-state index is 10.9. The van der Waals surface area contributed by atoms with E-state index in [4.69, 9.17) is 10.1 Å². The minimum atomic E-state index is -0.995. The van der Waals surface area contributed by atoms with E-state index in [1.807, 2.05) is 6.20 Å². The summed E-state index contributed by atoms with van der Waals surface area (Å²) >= 11 is 0. The van der Waals surface area contributed by atoms with E-state index in [1.165, 1.54) is 43.6 Å². The van der Waals surface area contributed by atoms with E-state index in [9.17, 15) is 4.79 Å². The number of hydrogen-bond donors (Lipinski definition) is 2. The average Bonchev–Trinajstić information content (AvgIpc) is 3.35. The van der Waals surface area contributed by atoms with Crippen LogP contribution in [0.3, 0.4) is 0 Å². The first-order valence-corrected chi connectivity index (χ1v) is 9.39. The lowest BCUT2D eigenvalue weighted by molar-refractivity contribution is 0.0696. The van der Waals surface area contributed by atoms with Crippen LogP contribution in [0.5, 0.6) is 0 Å². The van der Waals surface area contributed by atoms with E-state index in [0.29, 0.717) is 17.8 Å². The molecule has 2 aliphatic carbocycles. The van der Waals surface area contributed by atoms with Gasteiger partial charge in [0.25, 0.3) is 0 Å². The molecule has 0 spiro atoms. The van der Waals surface area contributed by atoms with Gasteiger partial charge in [0.05, 0.1) is 5.56 Å². The number of anilines is 2. The number of carbonyl (C=O) groups is 1. The number of rotatable bonds is 4. The summed E-state index contributed by atoms with van der Waals surface area (Å²) < 4.78 is 2.40. The Kier molecular flexibility index (Phi) is 3.63. The van der Waals surface area contributed by atoms with Crippen LogP contribution in [0.1, 0.15) is 47.8 Å². The van der Waals surface area contributed by atoms with E-state index in [0.717, 1.165) is 22.9 Å². The van der Waals surface area contributed by atoms with Crippen LogP contribution in [-0.4, -0.2) is 30.6 Å². The molecule has 2 fully saturated rings. The van der Waals surface area contributed by atoms with E-state index in [-0.39, 0.29) is 5.56 Å². The first-order valence-electron chi connectivity index (χ1n) is 9.39. The van der Waals surface area contributed by atoms with Gasteiger partial charge in [0.2, 0.25) is 5.95 Å². The van der Waals surface area contributed by atoms with Crippen molar-refractivity contribution < 1.29 is 9.90 Å². The predicted molar refractivity (Wildman–Crippen MR) is 101 cm³/mol. The molecule has 2 saturated carbocycles. The molecule has 3 unspecified atom stereocenters. The molecule has 2 bridgehead atoms. The van der Waals surface area contributed by atoms with Gasteiger partial charge in [0, 0.05) is 29.5 Å². The molecule has 138 valence electrons. The number of hydrogen-bond acceptors (Lipinski definition) is 5. The summed E-state index contributed by atoms with van der Waals surface area (Å²) in [5.41, 5.74) is 2.35. The highest BCUT2D eigenvalue weighted by Crippen LogP contribution is 2.51. The van der Waals surface area contributed by atoms with Crippen LogP contribution < -0.4 is 5.32 Å². The Morgan fingerprint density at radius 3 is 2.78 bits per heavy atom. The number of carboxylic acids is 1. The normalized spacial score (nSPS) is 23.8. The molecule has 7 nitrogen and oxygen atoms in total. The average molecular weight is 363 g/mol. The molecule has 2 aliphatic rings. The van der Waals surface area contributed by atoms with E-state index in [2.05, 4.69) is 32.8 Å². The van der Waals surface area contributed by atoms with Crippen molar-refractivity contribution in [2.75, 3.05) is 5.32 Å². The maximum atomic E-state index is 10.9. The summed E-state index contributed by atoms with van der Waals surface area (Å²) in [6.45, 7) is 2.15. The first-order chi connectivity index (χ1) is 13.1. The van der Waals surface area contributed by atoms with Crippen LogP contribution in [0.4, 0.5) is 11.8 Å². The summed E-state index contributed by atoms with van der Waals surface area (Å²) in [5, 5.41) is 13.1. The molecule has 0 amide bonds. The molecule has 3 aromatic rings. The summed E-state index contributed by atoms with van der Waals surface area (Å²) in [7, 11) is 0. The van der Waals surface area contributed by atoms with Gasteiger partial charge in [-0.15, -0.1) is 0 Å². The monoisotopic (exact) mass is 363 g/mol. The lowest BCUT2D eigenvalue weighted by Crippen LogP contribution is -2.17. The Morgan fingerprint density at radius 2 is 2.11 bits per heavy atom. The Bertz CT molecular complexity index is 1030. The standard InChI is InChI=1S/C20H21N5O2/c1-11-6-15-10-22-20(23-17-5-4-14(9-21-17)19(26)27)24-18(15)25(11)16-8-12-2-3-13(16)7-12/h4-6,9-10,12-13,16H,2-3,7-8H2,1H3,(H,26,27)(H,21,22,23,24). The molecular weight excluding hydrogens is 342 g/mol. The van der Waals surface area contributed by atoms with Crippen LogP contribution in [0.15, 0.2) is 30.6 Å². The van der Waals surface area contributed by atoms with Crippen molar-refractivity contribution in [1.82, 2.24) is 19.5 Å². The number of nitrogens with one attached hydrogen (secondary N) is 1. The molecule has 0 radical (unpaired) electrons. The number of aromatic carboxylic acids is 1. The van der Waals surface area contributed by atoms with Gasteiger partial charge in [0.15, 0.2) is 0 Å². The van der Waals surface area contributed by atoms with Crippen LogP contribution >= 0.6 is 0 Å². The molecule has 5 rings (SSSR count). The van der Waals surface area contributed by atoms with Crippen molar-refractivity contribution in [3.05, 3.63) is 41.9 Å². The van der Waals surface area contributed by atoms with Crippen molar-refractivity contribution >= 4 is 28.8 Å².